The van der Waals surface area contributed by atoms with Gasteiger partial charge in [-0.1, -0.05) is 0 Å². The number of hydrogen-bond donors (Lipinski definition) is 1. The van der Waals surface area contributed by atoms with E-state index in [1.54, 1.807) is 0 Å². The van der Waals surface area contributed by atoms with Gasteiger partial charge in [-0.3, -0.25) is 9.89 Å². The van der Waals surface area contributed by atoms with Crippen molar-refractivity contribution in [2.24, 2.45) is 10.9 Å². The summed E-state index contributed by atoms with van der Waals surface area (Å²) in [6.45, 7) is 10.2. The third-order valence-corrected chi connectivity index (χ3v) is 5.34. The Morgan fingerprint density at radius 2 is 2.00 bits per heavy atom. The van der Waals surface area contributed by atoms with Crippen molar-refractivity contribution in [3.63, 3.8) is 0 Å². The highest BCUT2D eigenvalue weighted by atomic mass is 16.5. The van der Waals surface area contributed by atoms with Crippen LogP contribution in [0.3, 0.4) is 0 Å². The molecular formula is C18H37N5O. The van der Waals surface area contributed by atoms with Crippen molar-refractivity contribution in [2.75, 3.05) is 73.6 Å². The molecule has 24 heavy (non-hydrogen) atoms. The third-order valence-electron chi connectivity index (χ3n) is 5.34. The van der Waals surface area contributed by atoms with E-state index in [2.05, 4.69) is 48.1 Å². The van der Waals surface area contributed by atoms with Crippen molar-refractivity contribution in [1.29, 1.82) is 0 Å². The van der Waals surface area contributed by atoms with Gasteiger partial charge in [-0.25, -0.2) is 0 Å². The second-order valence-electron chi connectivity index (χ2n) is 7.36. The molecule has 0 spiro atoms. The highest BCUT2D eigenvalue weighted by Crippen LogP contribution is 2.18. The molecule has 1 N–H and O–H groups in total. The fourth-order valence-electron chi connectivity index (χ4n) is 3.48. The van der Waals surface area contributed by atoms with Gasteiger partial charge in [-0.05, 0) is 46.2 Å². The molecule has 0 aromatic heterocycles. The van der Waals surface area contributed by atoms with Gasteiger partial charge in [-0.2, -0.15) is 0 Å². The minimum Gasteiger partial charge on any atom is -0.381 e. The lowest BCUT2D eigenvalue weighted by Crippen LogP contribution is -2.51. The maximum Gasteiger partial charge on any atom is 0.193 e. The Balaban J connectivity index is 1.83. The van der Waals surface area contributed by atoms with E-state index in [0.717, 1.165) is 64.4 Å². The van der Waals surface area contributed by atoms with Gasteiger partial charge in [0.15, 0.2) is 5.96 Å². The smallest absolute Gasteiger partial charge is 0.193 e. The van der Waals surface area contributed by atoms with Crippen LogP contribution in [0.4, 0.5) is 0 Å². The van der Waals surface area contributed by atoms with E-state index in [4.69, 9.17) is 9.73 Å². The van der Waals surface area contributed by atoms with Gasteiger partial charge in [-0.15, -0.1) is 0 Å². The van der Waals surface area contributed by atoms with Crippen molar-refractivity contribution in [3.05, 3.63) is 0 Å². The Hall–Kier alpha value is -0.850. The van der Waals surface area contributed by atoms with Gasteiger partial charge >= 0.3 is 0 Å². The standard InChI is InChI=1S/C18H37N5O/c1-5-19-18(20-14-17-15-21(2)10-11-22(17)3)23(4)9-6-16-7-12-24-13-8-16/h16-17H,5-15H2,1-4H3,(H,19,20). The van der Waals surface area contributed by atoms with Crippen molar-refractivity contribution in [1.82, 2.24) is 20.0 Å². The fourth-order valence-corrected chi connectivity index (χ4v) is 3.48. The molecule has 0 bridgehead atoms. The van der Waals surface area contributed by atoms with Crippen LogP contribution in [0.2, 0.25) is 0 Å². The zero-order valence-electron chi connectivity index (χ0n) is 16.1. The van der Waals surface area contributed by atoms with Gasteiger partial charge in [0, 0.05) is 59.0 Å². The molecule has 0 saturated carbocycles. The van der Waals surface area contributed by atoms with Crippen LogP contribution < -0.4 is 5.32 Å². The lowest BCUT2D eigenvalue weighted by atomic mass is 9.96. The number of nitrogens with zero attached hydrogens (tertiary/aromatic N) is 4. The third kappa shape index (κ3) is 6.22. The second-order valence-corrected chi connectivity index (χ2v) is 7.36. The van der Waals surface area contributed by atoms with Crippen LogP contribution in [0.15, 0.2) is 4.99 Å². The molecule has 2 saturated heterocycles. The fraction of sp³-hybridized carbons (Fsp3) is 0.944. The molecule has 2 fully saturated rings. The molecule has 0 aromatic rings. The Morgan fingerprint density at radius 3 is 2.71 bits per heavy atom. The van der Waals surface area contributed by atoms with Gasteiger partial charge < -0.3 is 19.9 Å². The summed E-state index contributed by atoms with van der Waals surface area (Å²) in [5.74, 6) is 1.85. The summed E-state index contributed by atoms with van der Waals surface area (Å²) in [5, 5.41) is 3.45. The summed E-state index contributed by atoms with van der Waals surface area (Å²) >= 11 is 0. The lowest BCUT2D eigenvalue weighted by molar-refractivity contribution is 0.0625. The van der Waals surface area contributed by atoms with Gasteiger partial charge in [0.05, 0.1) is 6.54 Å². The number of aliphatic imine (C=N–C) groups is 1. The van der Waals surface area contributed by atoms with E-state index in [0.29, 0.717) is 6.04 Å². The molecule has 0 amide bonds. The molecule has 6 nitrogen and oxygen atoms in total. The summed E-state index contributed by atoms with van der Waals surface area (Å²) in [5.41, 5.74) is 0. The zero-order chi connectivity index (χ0) is 17.4. The molecule has 140 valence electrons. The highest BCUT2D eigenvalue weighted by Gasteiger charge is 2.22. The van der Waals surface area contributed by atoms with E-state index in [9.17, 15) is 0 Å². The van der Waals surface area contributed by atoms with Crippen molar-refractivity contribution < 1.29 is 4.74 Å². The van der Waals surface area contributed by atoms with E-state index in [1.807, 2.05) is 0 Å². The number of piperazine rings is 1. The summed E-state index contributed by atoms with van der Waals surface area (Å²) in [6, 6.07) is 0.515. The molecule has 0 radical (unpaired) electrons. The first kappa shape index (κ1) is 19.5. The van der Waals surface area contributed by atoms with Crippen LogP contribution >= 0.6 is 0 Å². The molecule has 2 aliphatic heterocycles. The molecule has 1 unspecified atom stereocenters. The molecule has 0 aromatic carbocycles. The van der Waals surface area contributed by atoms with Crippen LogP contribution in [0.1, 0.15) is 26.2 Å². The normalized spacial score (nSPS) is 25.0. The average Bonchev–Trinajstić information content (AvgIpc) is 2.60. The largest absolute Gasteiger partial charge is 0.381 e. The Kier molecular flexibility index (Phi) is 8.29. The number of guanidine groups is 1. The van der Waals surface area contributed by atoms with Gasteiger partial charge in [0.25, 0.3) is 0 Å². The van der Waals surface area contributed by atoms with E-state index < -0.39 is 0 Å². The molecule has 1 atom stereocenters. The summed E-state index contributed by atoms with van der Waals surface area (Å²) in [4.78, 5) is 12.1. The Morgan fingerprint density at radius 1 is 1.25 bits per heavy atom. The van der Waals surface area contributed by atoms with Crippen molar-refractivity contribution in [3.8, 4) is 0 Å². The van der Waals surface area contributed by atoms with E-state index in [1.165, 1.54) is 19.3 Å². The minimum atomic E-state index is 0.515. The Labute approximate surface area is 148 Å². The number of ether oxygens (including phenoxy) is 1. The molecule has 0 aliphatic carbocycles. The average molecular weight is 340 g/mol. The number of rotatable bonds is 6. The van der Waals surface area contributed by atoms with Crippen molar-refractivity contribution >= 4 is 5.96 Å². The van der Waals surface area contributed by atoms with Crippen LogP contribution in [0.25, 0.3) is 0 Å². The number of likely N-dealkylation sites (N-methyl/N-ethyl adjacent to an activating group) is 2. The monoisotopic (exact) mass is 339 g/mol. The summed E-state index contributed by atoms with van der Waals surface area (Å²) in [7, 11) is 6.58. The van der Waals surface area contributed by atoms with E-state index >= 15 is 0 Å². The highest BCUT2D eigenvalue weighted by molar-refractivity contribution is 5.79. The summed E-state index contributed by atoms with van der Waals surface area (Å²) in [6.07, 6.45) is 3.65. The van der Waals surface area contributed by atoms with Crippen LogP contribution in [-0.4, -0.2) is 100 Å². The first-order chi connectivity index (χ1) is 11.6. The lowest BCUT2D eigenvalue weighted by Gasteiger charge is -2.37. The van der Waals surface area contributed by atoms with Gasteiger partial charge in [0.1, 0.15) is 0 Å². The molecule has 6 heteroatoms. The first-order valence-corrected chi connectivity index (χ1v) is 9.56. The number of hydrogen-bond acceptors (Lipinski definition) is 4. The topological polar surface area (TPSA) is 43.3 Å². The predicted octanol–water partition coefficient (Wildman–Crippen LogP) is 0.946. The minimum absolute atomic E-state index is 0.515. The van der Waals surface area contributed by atoms with Crippen LogP contribution in [0, 0.1) is 5.92 Å². The molecule has 2 rings (SSSR count). The zero-order valence-corrected chi connectivity index (χ0v) is 16.1. The molecular weight excluding hydrogens is 302 g/mol. The van der Waals surface area contributed by atoms with Crippen LogP contribution in [0.5, 0.6) is 0 Å². The maximum atomic E-state index is 5.46. The maximum absolute atomic E-state index is 5.46. The number of nitrogens with one attached hydrogen (secondary N) is 1. The first-order valence-electron chi connectivity index (χ1n) is 9.56. The van der Waals surface area contributed by atoms with Crippen LogP contribution in [-0.2, 0) is 4.74 Å². The molecule has 2 heterocycles. The second kappa shape index (κ2) is 10.2. The SMILES string of the molecule is CCNC(=NCC1CN(C)CCN1C)N(C)CCC1CCOCC1. The van der Waals surface area contributed by atoms with Crippen molar-refractivity contribution in [2.45, 2.75) is 32.2 Å². The van der Waals surface area contributed by atoms with E-state index in [-0.39, 0.29) is 0 Å². The predicted molar refractivity (Wildman–Crippen MR) is 101 cm³/mol. The van der Waals surface area contributed by atoms with Gasteiger partial charge in [0.2, 0.25) is 0 Å². The molecule has 2 aliphatic rings. The quantitative estimate of drug-likeness (QED) is 0.576. The Bertz CT molecular complexity index is 384. The summed E-state index contributed by atoms with van der Waals surface area (Å²) < 4.78 is 5.46.